The number of aryl methyl sites for hydroxylation is 1. The van der Waals surface area contributed by atoms with Crippen LogP contribution in [0.1, 0.15) is 12.5 Å². The number of methoxy groups -OCH3 is 1. The average molecular weight is 437 g/mol. The van der Waals surface area contributed by atoms with E-state index in [2.05, 4.69) is 11.9 Å². The molecule has 0 aliphatic heterocycles. The topological polar surface area (TPSA) is 73.6 Å². The highest BCUT2D eigenvalue weighted by atomic mass is 32.1. The molecular formula is C24H24N2O4S. The Kier molecular flexibility index (Phi) is 6.34. The van der Waals surface area contributed by atoms with Crippen LogP contribution in [0.15, 0.2) is 65.7 Å². The molecule has 7 heteroatoms. The molecule has 0 saturated heterocycles. The molecule has 6 nitrogen and oxygen atoms in total. The molecule has 1 atom stereocenters. The lowest BCUT2D eigenvalue weighted by molar-refractivity contribution is 0.0914. The first-order valence-corrected chi connectivity index (χ1v) is 10.9. The van der Waals surface area contributed by atoms with Gasteiger partial charge in [-0.25, -0.2) is 4.98 Å². The fourth-order valence-electron chi connectivity index (χ4n) is 3.30. The maximum atomic E-state index is 12.9. The van der Waals surface area contributed by atoms with E-state index in [1.165, 1.54) is 27.8 Å². The number of aliphatic hydroxyl groups is 1. The Bertz CT molecular complexity index is 1230. The van der Waals surface area contributed by atoms with Gasteiger partial charge in [-0.3, -0.25) is 9.36 Å². The number of nitrogens with zero attached hydrogens (tertiary/aromatic N) is 2. The quantitative estimate of drug-likeness (QED) is 0.449. The molecule has 0 saturated carbocycles. The molecule has 0 aliphatic rings. The number of aromatic nitrogens is 2. The van der Waals surface area contributed by atoms with Gasteiger partial charge in [-0.1, -0.05) is 19.1 Å². The monoisotopic (exact) mass is 436 g/mol. The number of aliphatic hydroxyl groups excluding tert-OH is 1. The Hall–Kier alpha value is -3.16. The molecule has 0 fully saturated rings. The molecule has 0 bridgehead atoms. The minimum absolute atomic E-state index is 0.0964. The molecule has 2 aromatic carbocycles. The van der Waals surface area contributed by atoms with E-state index in [0.717, 1.165) is 22.6 Å². The summed E-state index contributed by atoms with van der Waals surface area (Å²) in [6, 6.07) is 17.4. The van der Waals surface area contributed by atoms with Crippen molar-refractivity contribution in [1.82, 2.24) is 9.55 Å². The molecule has 2 heterocycles. The van der Waals surface area contributed by atoms with Crippen LogP contribution in [-0.2, 0) is 13.0 Å². The van der Waals surface area contributed by atoms with Gasteiger partial charge < -0.3 is 14.6 Å². The molecule has 0 amide bonds. The molecule has 1 unspecified atom stereocenters. The molecule has 0 radical (unpaired) electrons. The second-order valence-electron chi connectivity index (χ2n) is 7.22. The van der Waals surface area contributed by atoms with Crippen LogP contribution in [0.4, 0.5) is 0 Å². The van der Waals surface area contributed by atoms with Gasteiger partial charge in [0.1, 0.15) is 28.9 Å². The molecule has 2 aromatic heterocycles. The van der Waals surface area contributed by atoms with Crippen LogP contribution in [0.2, 0.25) is 0 Å². The van der Waals surface area contributed by atoms with Gasteiger partial charge in [-0.15, -0.1) is 11.3 Å². The maximum absolute atomic E-state index is 12.9. The van der Waals surface area contributed by atoms with Crippen molar-refractivity contribution in [3.05, 3.63) is 76.8 Å². The van der Waals surface area contributed by atoms with Crippen molar-refractivity contribution in [2.24, 2.45) is 0 Å². The molecular weight excluding hydrogens is 412 g/mol. The van der Waals surface area contributed by atoms with Crippen molar-refractivity contribution in [1.29, 1.82) is 0 Å². The number of hydrogen-bond acceptors (Lipinski definition) is 6. The number of fused-ring (bicyclic) bond motifs is 1. The molecule has 0 aliphatic carbocycles. The number of hydrogen-bond donors (Lipinski definition) is 1. The van der Waals surface area contributed by atoms with Crippen LogP contribution in [0.25, 0.3) is 20.7 Å². The SMILES string of the molecule is CCc1cccc(OCC(O)Cn2cnc3cc(-c4ccc(OC)cc4)sc3c2=O)c1. The predicted molar refractivity (Wildman–Crippen MR) is 123 cm³/mol. The van der Waals surface area contributed by atoms with Crippen molar-refractivity contribution < 1.29 is 14.6 Å². The number of rotatable bonds is 8. The van der Waals surface area contributed by atoms with Crippen molar-refractivity contribution in [3.63, 3.8) is 0 Å². The van der Waals surface area contributed by atoms with Crippen LogP contribution in [0, 0.1) is 0 Å². The van der Waals surface area contributed by atoms with E-state index in [9.17, 15) is 9.90 Å². The lowest BCUT2D eigenvalue weighted by Gasteiger charge is -2.14. The second-order valence-corrected chi connectivity index (χ2v) is 8.27. The number of ether oxygens (including phenoxy) is 2. The Morgan fingerprint density at radius 3 is 2.68 bits per heavy atom. The fraction of sp³-hybridized carbons (Fsp3) is 0.250. The van der Waals surface area contributed by atoms with Crippen molar-refractivity contribution in [2.75, 3.05) is 13.7 Å². The van der Waals surface area contributed by atoms with E-state index < -0.39 is 6.10 Å². The third-order valence-corrected chi connectivity index (χ3v) is 6.20. The maximum Gasteiger partial charge on any atom is 0.271 e. The Labute approximate surface area is 184 Å². The summed E-state index contributed by atoms with van der Waals surface area (Å²) in [5.41, 5.74) is 2.65. The minimum Gasteiger partial charge on any atom is -0.497 e. The van der Waals surface area contributed by atoms with Gasteiger partial charge in [0.2, 0.25) is 0 Å². The van der Waals surface area contributed by atoms with Crippen LogP contribution in [0.5, 0.6) is 11.5 Å². The summed E-state index contributed by atoms with van der Waals surface area (Å²) in [5, 5.41) is 10.4. The molecule has 160 valence electrons. The molecule has 4 rings (SSSR count). The summed E-state index contributed by atoms with van der Waals surface area (Å²) in [4.78, 5) is 18.3. The largest absolute Gasteiger partial charge is 0.497 e. The Morgan fingerprint density at radius 1 is 1.13 bits per heavy atom. The van der Waals surface area contributed by atoms with Crippen molar-refractivity contribution >= 4 is 21.6 Å². The van der Waals surface area contributed by atoms with Crippen LogP contribution in [-0.4, -0.2) is 34.5 Å². The standard InChI is InChI=1S/C24H24N2O4S/c1-3-16-5-4-6-20(11-16)30-14-18(27)13-26-15-25-21-12-22(31-23(21)24(26)28)17-7-9-19(29-2)10-8-17/h4-12,15,18,27H,3,13-14H2,1-2H3. The highest BCUT2D eigenvalue weighted by Gasteiger charge is 2.14. The molecule has 4 aromatic rings. The second kappa shape index (κ2) is 9.32. The summed E-state index contributed by atoms with van der Waals surface area (Å²) in [5.74, 6) is 1.49. The van der Waals surface area contributed by atoms with Gasteiger partial charge in [0.25, 0.3) is 5.56 Å². The third kappa shape index (κ3) is 4.78. The normalized spacial score (nSPS) is 12.1. The zero-order valence-corrected chi connectivity index (χ0v) is 18.3. The summed E-state index contributed by atoms with van der Waals surface area (Å²) in [6.07, 6.45) is 1.57. The molecule has 0 spiro atoms. The zero-order chi connectivity index (χ0) is 21.8. The van der Waals surface area contributed by atoms with Gasteiger partial charge in [0.15, 0.2) is 0 Å². The van der Waals surface area contributed by atoms with E-state index in [4.69, 9.17) is 9.47 Å². The van der Waals surface area contributed by atoms with Gasteiger partial charge in [-0.05, 0) is 60.0 Å². The lowest BCUT2D eigenvalue weighted by Crippen LogP contribution is -2.30. The van der Waals surface area contributed by atoms with Gasteiger partial charge in [-0.2, -0.15) is 0 Å². The first kappa shape index (κ1) is 21.1. The first-order valence-electron chi connectivity index (χ1n) is 10.1. The fourth-order valence-corrected chi connectivity index (χ4v) is 4.37. The lowest BCUT2D eigenvalue weighted by atomic mass is 10.2. The Balaban J connectivity index is 1.48. The average Bonchev–Trinajstić information content (AvgIpc) is 3.25. The van der Waals surface area contributed by atoms with E-state index in [0.29, 0.717) is 16.0 Å². The van der Waals surface area contributed by atoms with Gasteiger partial charge >= 0.3 is 0 Å². The Morgan fingerprint density at radius 2 is 1.94 bits per heavy atom. The van der Waals surface area contributed by atoms with E-state index >= 15 is 0 Å². The van der Waals surface area contributed by atoms with Gasteiger partial charge in [0, 0.05) is 4.88 Å². The first-order chi connectivity index (χ1) is 15.1. The highest BCUT2D eigenvalue weighted by molar-refractivity contribution is 7.22. The number of thiophene rings is 1. The summed E-state index contributed by atoms with van der Waals surface area (Å²) in [7, 11) is 1.63. The van der Waals surface area contributed by atoms with E-state index in [1.807, 2.05) is 54.6 Å². The summed E-state index contributed by atoms with van der Waals surface area (Å²) in [6.45, 7) is 2.29. The number of benzene rings is 2. The van der Waals surface area contributed by atoms with Crippen LogP contribution >= 0.6 is 11.3 Å². The van der Waals surface area contributed by atoms with E-state index in [-0.39, 0.29) is 18.7 Å². The molecule has 1 N–H and O–H groups in total. The van der Waals surface area contributed by atoms with Crippen molar-refractivity contribution in [3.8, 4) is 21.9 Å². The third-order valence-electron chi connectivity index (χ3n) is 5.03. The zero-order valence-electron chi connectivity index (χ0n) is 17.4. The van der Waals surface area contributed by atoms with Crippen molar-refractivity contribution in [2.45, 2.75) is 26.0 Å². The molecule has 31 heavy (non-hydrogen) atoms. The van der Waals surface area contributed by atoms with Crippen LogP contribution < -0.4 is 15.0 Å². The minimum atomic E-state index is -0.830. The summed E-state index contributed by atoms with van der Waals surface area (Å²) < 4.78 is 12.9. The highest BCUT2D eigenvalue weighted by Crippen LogP contribution is 2.31. The smallest absolute Gasteiger partial charge is 0.271 e. The van der Waals surface area contributed by atoms with Gasteiger partial charge in [0.05, 0.1) is 25.5 Å². The van der Waals surface area contributed by atoms with E-state index in [1.54, 1.807) is 7.11 Å². The predicted octanol–water partition coefficient (Wildman–Crippen LogP) is 4.14. The van der Waals surface area contributed by atoms with Crippen LogP contribution in [0.3, 0.4) is 0 Å². The summed E-state index contributed by atoms with van der Waals surface area (Å²) >= 11 is 1.40.